The number of hydrogen-bond donors (Lipinski definition) is 1. The molecule has 0 saturated carbocycles. The summed E-state index contributed by atoms with van der Waals surface area (Å²) in [6.45, 7) is 5.62. The fourth-order valence-corrected chi connectivity index (χ4v) is 2.79. The van der Waals surface area contributed by atoms with Crippen LogP contribution >= 0.6 is 0 Å². The highest BCUT2D eigenvalue weighted by molar-refractivity contribution is 5.79. The molecule has 1 aliphatic heterocycles. The van der Waals surface area contributed by atoms with Crippen molar-refractivity contribution in [3.63, 3.8) is 0 Å². The molecule has 1 fully saturated rings. The van der Waals surface area contributed by atoms with Gasteiger partial charge in [0.2, 0.25) is 5.91 Å². The first-order chi connectivity index (χ1) is 11.7. The molecule has 1 aromatic carbocycles. The van der Waals surface area contributed by atoms with Crippen LogP contribution in [0.1, 0.15) is 18.5 Å². The van der Waals surface area contributed by atoms with E-state index >= 15 is 0 Å². The third kappa shape index (κ3) is 4.39. The van der Waals surface area contributed by atoms with Gasteiger partial charge in [0.15, 0.2) is 0 Å². The molecule has 2 aromatic rings. The van der Waals surface area contributed by atoms with Crippen LogP contribution in [0, 0.1) is 0 Å². The summed E-state index contributed by atoms with van der Waals surface area (Å²) >= 11 is 0. The van der Waals surface area contributed by atoms with Gasteiger partial charge in [-0.05, 0) is 12.5 Å². The van der Waals surface area contributed by atoms with E-state index in [-0.39, 0.29) is 18.1 Å². The third-order valence-corrected chi connectivity index (χ3v) is 4.19. The maximum absolute atomic E-state index is 12.2. The summed E-state index contributed by atoms with van der Waals surface area (Å²) in [6, 6.07) is 10.0. The molecule has 0 unspecified atom stereocenters. The van der Waals surface area contributed by atoms with Crippen molar-refractivity contribution in [1.29, 1.82) is 0 Å². The molecule has 0 radical (unpaired) electrons. The highest BCUT2D eigenvalue weighted by Crippen LogP contribution is 2.10. The molecule has 1 amide bonds. The number of morpholine rings is 1. The summed E-state index contributed by atoms with van der Waals surface area (Å²) in [5.41, 5.74) is 1.29. The predicted octanol–water partition coefficient (Wildman–Crippen LogP) is 0.856. The zero-order chi connectivity index (χ0) is 16.8. The van der Waals surface area contributed by atoms with E-state index in [1.54, 1.807) is 17.9 Å². The van der Waals surface area contributed by atoms with Gasteiger partial charge < -0.3 is 10.1 Å². The van der Waals surface area contributed by atoms with Crippen LogP contribution in [0.25, 0.3) is 0 Å². The van der Waals surface area contributed by atoms with Gasteiger partial charge in [-0.3, -0.25) is 9.69 Å². The summed E-state index contributed by atoms with van der Waals surface area (Å²) in [5, 5.41) is 6.94. The topological polar surface area (TPSA) is 72.3 Å². The summed E-state index contributed by atoms with van der Waals surface area (Å²) in [7, 11) is 0. The van der Waals surface area contributed by atoms with Crippen LogP contribution < -0.4 is 5.32 Å². The van der Waals surface area contributed by atoms with Crippen molar-refractivity contribution < 1.29 is 9.53 Å². The van der Waals surface area contributed by atoms with Crippen LogP contribution in [0.2, 0.25) is 0 Å². The minimum absolute atomic E-state index is 0.00867. The van der Waals surface area contributed by atoms with Gasteiger partial charge in [0.1, 0.15) is 18.7 Å². The number of rotatable bonds is 6. The standard InChI is InChI=1S/C17H23N5O2/c1-14(22-13-18-12-20-22)17(23)19-9-16-11-21(7-8-24-16)10-15-5-3-2-4-6-15/h2-6,12-14,16H,7-11H2,1H3,(H,19,23)/t14-,16-/m1/s1. The minimum Gasteiger partial charge on any atom is -0.374 e. The molecule has 1 aliphatic rings. The van der Waals surface area contributed by atoms with Crippen LogP contribution in [-0.2, 0) is 16.1 Å². The largest absolute Gasteiger partial charge is 0.374 e. The van der Waals surface area contributed by atoms with Crippen molar-refractivity contribution in [3.05, 3.63) is 48.5 Å². The Bertz CT molecular complexity index is 632. The molecule has 2 heterocycles. The summed E-state index contributed by atoms with van der Waals surface area (Å²) in [6.07, 6.45) is 2.98. The molecule has 7 heteroatoms. The van der Waals surface area contributed by atoms with Gasteiger partial charge >= 0.3 is 0 Å². The monoisotopic (exact) mass is 329 g/mol. The molecule has 0 aliphatic carbocycles. The average Bonchev–Trinajstić information content (AvgIpc) is 3.15. The fourth-order valence-electron chi connectivity index (χ4n) is 2.79. The van der Waals surface area contributed by atoms with Gasteiger partial charge in [-0.15, -0.1) is 0 Å². The fraction of sp³-hybridized carbons (Fsp3) is 0.471. The molecule has 24 heavy (non-hydrogen) atoms. The molecule has 2 atom stereocenters. The molecule has 0 bridgehead atoms. The first-order valence-corrected chi connectivity index (χ1v) is 8.22. The van der Waals surface area contributed by atoms with Gasteiger partial charge in [0.25, 0.3) is 0 Å². The summed E-state index contributed by atoms with van der Waals surface area (Å²) < 4.78 is 7.32. The van der Waals surface area contributed by atoms with Gasteiger partial charge in [0.05, 0.1) is 12.7 Å². The Labute approximate surface area is 141 Å². The average molecular weight is 329 g/mol. The van der Waals surface area contributed by atoms with Crippen molar-refractivity contribution in [1.82, 2.24) is 25.0 Å². The second-order valence-corrected chi connectivity index (χ2v) is 6.01. The highest BCUT2D eigenvalue weighted by Gasteiger charge is 2.22. The van der Waals surface area contributed by atoms with E-state index < -0.39 is 0 Å². The number of nitrogens with one attached hydrogen (secondary N) is 1. The second-order valence-electron chi connectivity index (χ2n) is 6.01. The van der Waals surface area contributed by atoms with Gasteiger partial charge in [-0.25, -0.2) is 9.67 Å². The van der Waals surface area contributed by atoms with E-state index in [1.807, 2.05) is 6.07 Å². The van der Waals surface area contributed by atoms with Gasteiger partial charge in [0, 0.05) is 26.2 Å². The number of carbonyl (C=O) groups excluding carboxylic acids is 1. The summed E-state index contributed by atoms with van der Waals surface area (Å²) in [5.74, 6) is -0.0794. The minimum atomic E-state index is -0.378. The Balaban J connectivity index is 1.46. The maximum atomic E-state index is 12.2. The van der Waals surface area contributed by atoms with E-state index in [1.165, 1.54) is 11.9 Å². The first kappa shape index (κ1) is 16.6. The lowest BCUT2D eigenvalue weighted by molar-refractivity contribution is -0.125. The highest BCUT2D eigenvalue weighted by atomic mass is 16.5. The quantitative estimate of drug-likeness (QED) is 0.851. The number of carbonyl (C=O) groups is 1. The molecule has 7 nitrogen and oxygen atoms in total. The third-order valence-electron chi connectivity index (χ3n) is 4.19. The van der Waals surface area contributed by atoms with Gasteiger partial charge in [-0.2, -0.15) is 5.10 Å². The Morgan fingerprint density at radius 3 is 3.00 bits per heavy atom. The van der Waals surface area contributed by atoms with Crippen molar-refractivity contribution >= 4 is 5.91 Å². The Morgan fingerprint density at radius 2 is 2.25 bits per heavy atom. The first-order valence-electron chi connectivity index (χ1n) is 8.22. The number of ether oxygens (including phenoxy) is 1. The molecule has 1 saturated heterocycles. The number of aromatic nitrogens is 3. The Hall–Kier alpha value is -2.25. The lowest BCUT2D eigenvalue weighted by Crippen LogP contribution is -2.47. The van der Waals surface area contributed by atoms with E-state index in [9.17, 15) is 4.79 Å². The molecule has 1 aromatic heterocycles. The SMILES string of the molecule is C[C@H](C(=O)NC[C@@H]1CN(Cc2ccccc2)CCO1)n1cncn1. The Kier molecular flexibility index (Phi) is 5.55. The van der Waals surface area contributed by atoms with Crippen LogP contribution in [0.15, 0.2) is 43.0 Å². The predicted molar refractivity (Wildman–Crippen MR) is 89.2 cm³/mol. The molecular formula is C17H23N5O2. The zero-order valence-corrected chi connectivity index (χ0v) is 13.8. The van der Waals surface area contributed by atoms with E-state index in [2.05, 4.69) is 44.6 Å². The molecular weight excluding hydrogens is 306 g/mol. The second kappa shape index (κ2) is 8.03. The molecule has 3 rings (SSSR count). The Morgan fingerprint density at radius 1 is 1.42 bits per heavy atom. The lowest BCUT2D eigenvalue weighted by Gasteiger charge is -2.33. The van der Waals surface area contributed by atoms with Crippen LogP contribution in [-0.4, -0.2) is 57.9 Å². The van der Waals surface area contributed by atoms with Crippen LogP contribution in [0.4, 0.5) is 0 Å². The zero-order valence-electron chi connectivity index (χ0n) is 13.8. The lowest BCUT2D eigenvalue weighted by atomic mass is 10.2. The van der Waals surface area contributed by atoms with Crippen LogP contribution in [0.5, 0.6) is 0 Å². The van der Waals surface area contributed by atoms with Crippen molar-refractivity contribution in [2.75, 3.05) is 26.2 Å². The van der Waals surface area contributed by atoms with E-state index in [4.69, 9.17) is 4.74 Å². The van der Waals surface area contributed by atoms with Crippen LogP contribution in [0.3, 0.4) is 0 Å². The normalized spacial score (nSPS) is 19.8. The van der Waals surface area contributed by atoms with Gasteiger partial charge in [-0.1, -0.05) is 30.3 Å². The molecule has 0 spiro atoms. The van der Waals surface area contributed by atoms with Crippen molar-refractivity contribution in [2.24, 2.45) is 0 Å². The number of hydrogen-bond acceptors (Lipinski definition) is 5. The number of benzene rings is 1. The number of amides is 1. The van der Waals surface area contributed by atoms with Crippen molar-refractivity contribution in [2.45, 2.75) is 25.6 Å². The smallest absolute Gasteiger partial charge is 0.244 e. The summed E-state index contributed by atoms with van der Waals surface area (Å²) in [4.78, 5) is 18.4. The van der Waals surface area contributed by atoms with Crippen molar-refractivity contribution in [3.8, 4) is 0 Å². The maximum Gasteiger partial charge on any atom is 0.244 e. The molecule has 128 valence electrons. The van der Waals surface area contributed by atoms with E-state index in [0.717, 1.165) is 19.6 Å². The number of nitrogens with zero attached hydrogens (tertiary/aromatic N) is 4. The molecule has 1 N–H and O–H groups in total. The van der Waals surface area contributed by atoms with E-state index in [0.29, 0.717) is 13.2 Å².